The molecule has 0 aliphatic heterocycles. The van der Waals surface area contributed by atoms with E-state index in [-0.39, 0.29) is 22.4 Å². The zero-order valence-corrected chi connectivity index (χ0v) is 10.9. The van der Waals surface area contributed by atoms with E-state index < -0.39 is 0 Å². The summed E-state index contributed by atoms with van der Waals surface area (Å²) in [7, 11) is 0. The molecule has 6 heteroatoms. The van der Waals surface area contributed by atoms with Gasteiger partial charge in [-0.25, -0.2) is 0 Å². The van der Waals surface area contributed by atoms with Crippen LogP contribution in [-0.4, -0.2) is 20.4 Å². The minimum absolute atomic E-state index is 0.0110. The monoisotopic (exact) mass is 288 g/mol. The van der Waals surface area contributed by atoms with Crippen LogP contribution in [0.5, 0.6) is 11.5 Å². The van der Waals surface area contributed by atoms with Crippen LogP contribution in [0.1, 0.15) is 0 Å². The summed E-state index contributed by atoms with van der Waals surface area (Å²) in [5, 5.41) is 22.9. The Labute approximate surface area is 119 Å². The highest BCUT2D eigenvalue weighted by atomic mass is 35.5. The summed E-state index contributed by atoms with van der Waals surface area (Å²) in [5.41, 5.74) is 1.25. The molecule has 0 fully saturated rings. The summed E-state index contributed by atoms with van der Waals surface area (Å²) in [6.07, 6.45) is 0. The first-order valence-electron chi connectivity index (χ1n) is 5.75. The zero-order valence-electron chi connectivity index (χ0n) is 10.1. The summed E-state index contributed by atoms with van der Waals surface area (Å²) in [6, 6.07) is 11.2. The van der Waals surface area contributed by atoms with Gasteiger partial charge in [-0.15, -0.1) is 0 Å². The predicted octanol–water partition coefficient (Wildman–Crippen LogP) is 3.47. The Morgan fingerprint density at radius 1 is 1.00 bits per heavy atom. The lowest BCUT2D eigenvalue weighted by atomic mass is 10.2. The van der Waals surface area contributed by atoms with Gasteiger partial charge in [0.25, 0.3) is 5.89 Å². The van der Waals surface area contributed by atoms with Gasteiger partial charge in [-0.05, 0) is 30.3 Å². The fourth-order valence-electron chi connectivity index (χ4n) is 1.74. The van der Waals surface area contributed by atoms with Crippen LogP contribution in [0.2, 0.25) is 5.02 Å². The van der Waals surface area contributed by atoms with Crippen LogP contribution in [0.15, 0.2) is 47.0 Å². The molecule has 0 atom stereocenters. The van der Waals surface area contributed by atoms with E-state index in [2.05, 4.69) is 10.1 Å². The normalized spacial score (nSPS) is 10.7. The van der Waals surface area contributed by atoms with Crippen molar-refractivity contribution in [2.75, 3.05) is 0 Å². The number of nitrogens with zero attached hydrogens (tertiary/aromatic N) is 2. The molecule has 0 saturated heterocycles. The third-order valence-corrected chi connectivity index (χ3v) is 3.03. The molecule has 5 nitrogen and oxygen atoms in total. The fourth-order valence-corrected chi connectivity index (χ4v) is 1.92. The highest BCUT2D eigenvalue weighted by molar-refractivity contribution is 6.32. The standard InChI is InChI=1S/C14H9ClN2O3/c15-11-7-9(4-5-12(11)19)14-16-13(17-20-14)8-2-1-3-10(18)6-8/h1-7,18-19H. The van der Waals surface area contributed by atoms with Crippen LogP contribution in [0.25, 0.3) is 22.8 Å². The van der Waals surface area contributed by atoms with Crippen molar-refractivity contribution in [1.82, 2.24) is 10.1 Å². The molecule has 2 aromatic carbocycles. The van der Waals surface area contributed by atoms with Gasteiger partial charge >= 0.3 is 0 Å². The van der Waals surface area contributed by atoms with Gasteiger partial charge < -0.3 is 14.7 Å². The molecule has 0 bridgehead atoms. The predicted molar refractivity (Wildman–Crippen MR) is 73.5 cm³/mol. The average molecular weight is 289 g/mol. The average Bonchev–Trinajstić information content (AvgIpc) is 2.92. The second-order valence-corrected chi connectivity index (χ2v) is 4.55. The van der Waals surface area contributed by atoms with Gasteiger partial charge in [-0.2, -0.15) is 4.98 Å². The number of phenols is 2. The van der Waals surface area contributed by atoms with E-state index in [0.29, 0.717) is 17.0 Å². The number of hydrogen-bond donors (Lipinski definition) is 2. The van der Waals surface area contributed by atoms with Gasteiger partial charge in [0, 0.05) is 11.1 Å². The molecule has 0 radical (unpaired) electrons. The van der Waals surface area contributed by atoms with Crippen molar-refractivity contribution in [2.24, 2.45) is 0 Å². The SMILES string of the molecule is Oc1cccc(-c2noc(-c3ccc(O)c(Cl)c3)n2)c1. The molecule has 20 heavy (non-hydrogen) atoms. The van der Waals surface area contributed by atoms with Gasteiger partial charge in [0.05, 0.1) is 5.02 Å². The molecule has 1 aromatic heterocycles. The Morgan fingerprint density at radius 2 is 1.85 bits per heavy atom. The topological polar surface area (TPSA) is 79.4 Å². The quantitative estimate of drug-likeness (QED) is 0.755. The maximum Gasteiger partial charge on any atom is 0.258 e. The molecule has 0 saturated carbocycles. The second-order valence-electron chi connectivity index (χ2n) is 4.14. The number of rotatable bonds is 2. The molecular formula is C14H9ClN2O3. The van der Waals surface area contributed by atoms with E-state index in [0.717, 1.165) is 0 Å². The molecule has 3 rings (SSSR count). The molecular weight excluding hydrogens is 280 g/mol. The van der Waals surface area contributed by atoms with Crippen LogP contribution in [0, 0.1) is 0 Å². The summed E-state index contributed by atoms with van der Waals surface area (Å²) >= 11 is 5.84. The van der Waals surface area contributed by atoms with Gasteiger partial charge in [0.1, 0.15) is 11.5 Å². The van der Waals surface area contributed by atoms with Gasteiger partial charge in [0.2, 0.25) is 5.82 Å². The third kappa shape index (κ3) is 2.31. The van der Waals surface area contributed by atoms with E-state index >= 15 is 0 Å². The number of aromatic nitrogens is 2. The van der Waals surface area contributed by atoms with E-state index in [4.69, 9.17) is 16.1 Å². The van der Waals surface area contributed by atoms with E-state index in [1.54, 1.807) is 30.3 Å². The molecule has 0 amide bonds. The van der Waals surface area contributed by atoms with Gasteiger partial charge in [-0.3, -0.25) is 0 Å². The van der Waals surface area contributed by atoms with E-state index in [9.17, 15) is 10.2 Å². The number of hydrogen-bond acceptors (Lipinski definition) is 5. The lowest BCUT2D eigenvalue weighted by molar-refractivity contribution is 0.432. The van der Waals surface area contributed by atoms with E-state index in [1.165, 1.54) is 12.1 Å². The molecule has 0 aliphatic carbocycles. The second kappa shape index (κ2) is 4.86. The maximum atomic E-state index is 9.43. The first kappa shape index (κ1) is 12.5. The lowest BCUT2D eigenvalue weighted by Gasteiger charge is -1.98. The van der Waals surface area contributed by atoms with Crippen LogP contribution >= 0.6 is 11.6 Å². The highest BCUT2D eigenvalue weighted by Crippen LogP contribution is 2.30. The number of aromatic hydroxyl groups is 2. The number of benzene rings is 2. The summed E-state index contributed by atoms with van der Waals surface area (Å²) in [5.74, 6) is 0.759. The molecule has 0 aliphatic rings. The van der Waals surface area contributed by atoms with Crippen LogP contribution in [0.3, 0.4) is 0 Å². The summed E-state index contributed by atoms with van der Waals surface area (Å²) < 4.78 is 5.16. The van der Waals surface area contributed by atoms with Crippen molar-refractivity contribution in [3.8, 4) is 34.3 Å². The molecule has 2 N–H and O–H groups in total. The van der Waals surface area contributed by atoms with Crippen molar-refractivity contribution in [3.63, 3.8) is 0 Å². The Kier molecular flexibility index (Phi) is 3.04. The van der Waals surface area contributed by atoms with Crippen LogP contribution in [-0.2, 0) is 0 Å². The first-order valence-corrected chi connectivity index (χ1v) is 6.13. The molecule has 0 spiro atoms. The van der Waals surface area contributed by atoms with Gasteiger partial charge in [-0.1, -0.05) is 28.9 Å². The van der Waals surface area contributed by atoms with Crippen molar-refractivity contribution >= 4 is 11.6 Å². The summed E-state index contributed by atoms with van der Waals surface area (Å²) in [6.45, 7) is 0. The maximum absolute atomic E-state index is 9.43. The first-order chi connectivity index (χ1) is 9.63. The highest BCUT2D eigenvalue weighted by Gasteiger charge is 2.12. The Bertz CT molecular complexity index is 771. The van der Waals surface area contributed by atoms with Crippen LogP contribution in [0.4, 0.5) is 0 Å². The van der Waals surface area contributed by atoms with Crippen molar-refractivity contribution < 1.29 is 14.7 Å². The van der Waals surface area contributed by atoms with Crippen LogP contribution < -0.4 is 0 Å². The molecule has 3 aromatic rings. The fraction of sp³-hybridized carbons (Fsp3) is 0. The molecule has 0 unspecified atom stereocenters. The minimum Gasteiger partial charge on any atom is -0.508 e. The van der Waals surface area contributed by atoms with E-state index in [1.807, 2.05) is 0 Å². The Hall–Kier alpha value is -2.53. The Balaban J connectivity index is 1.99. The van der Waals surface area contributed by atoms with Crippen molar-refractivity contribution in [3.05, 3.63) is 47.5 Å². The van der Waals surface area contributed by atoms with Crippen molar-refractivity contribution in [2.45, 2.75) is 0 Å². The largest absolute Gasteiger partial charge is 0.508 e. The third-order valence-electron chi connectivity index (χ3n) is 2.73. The van der Waals surface area contributed by atoms with Crippen molar-refractivity contribution in [1.29, 1.82) is 0 Å². The number of phenolic OH excluding ortho intramolecular Hbond substituents is 2. The minimum atomic E-state index is -0.0110. The summed E-state index contributed by atoms with van der Waals surface area (Å²) in [4.78, 5) is 4.23. The lowest BCUT2D eigenvalue weighted by Crippen LogP contribution is -1.81. The molecule has 1 heterocycles. The smallest absolute Gasteiger partial charge is 0.258 e. The Morgan fingerprint density at radius 3 is 2.60 bits per heavy atom. The molecule has 100 valence electrons. The zero-order chi connectivity index (χ0) is 14.1. The number of halogens is 1. The van der Waals surface area contributed by atoms with Gasteiger partial charge in [0.15, 0.2) is 0 Å².